The molecule has 164 valence electrons. The van der Waals surface area contributed by atoms with Crippen molar-refractivity contribution in [3.05, 3.63) is 101 Å². The average molecular weight is 431 g/mol. The zero-order chi connectivity index (χ0) is 22.7. The normalized spacial score (nSPS) is 18.3. The Kier molecular flexibility index (Phi) is 5.97. The quantitative estimate of drug-likeness (QED) is 0.562. The summed E-state index contributed by atoms with van der Waals surface area (Å²) < 4.78 is 11.6. The van der Waals surface area contributed by atoms with E-state index in [9.17, 15) is 14.7 Å². The second kappa shape index (κ2) is 8.85. The lowest BCUT2D eigenvalue weighted by Gasteiger charge is -2.42. The van der Waals surface area contributed by atoms with Crippen LogP contribution in [0.3, 0.4) is 0 Å². The van der Waals surface area contributed by atoms with Gasteiger partial charge >= 0.3 is 5.97 Å². The third-order valence-corrected chi connectivity index (χ3v) is 5.65. The molecule has 1 aliphatic rings. The monoisotopic (exact) mass is 431 g/mol. The molecule has 0 spiro atoms. The molecule has 32 heavy (non-hydrogen) atoms. The first kappa shape index (κ1) is 21.6. The fourth-order valence-corrected chi connectivity index (χ4v) is 4.26. The van der Waals surface area contributed by atoms with Gasteiger partial charge in [-0.1, -0.05) is 67.6 Å². The first-order valence-electron chi connectivity index (χ1n) is 10.5. The lowest BCUT2D eigenvalue weighted by atomic mass is 9.91. The number of fused-ring (bicyclic) bond motifs is 1. The highest BCUT2D eigenvalue weighted by Crippen LogP contribution is 2.49. The molecule has 1 unspecified atom stereocenters. The minimum Gasteiger partial charge on any atom is -0.508 e. The number of rotatable bonds is 7. The van der Waals surface area contributed by atoms with Gasteiger partial charge in [-0.15, -0.1) is 0 Å². The molecular weight excluding hydrogens is 406 g/mol. The number of carbonyl (C=O) groups is 2. The summed E-state index contributed by atoms with van der Waals surface area (Å²) in [5.74, 6) is -0.869. The van der Waals surface area contributed by atoms with Crippen molar-refractivity contribution in [1.82, 2.24) is 4.90 Å². The third-order valence-electron chi connectivity index (χ3n) is 5.65. The number of hydrogen-bond acceptors (Lipinski definition) is 5. The van der Waals surface area contributed by atoms with E-state index in [1.54, 1.807) is 24.3 Å². The molecular formula is C26H25NO5. The van der Waals surface area contributed by atoms with Crippen LogP contribution < -0.4 is 0 Å². The van der Waals surface area contributed by atoms with Crippen LogP contribution in [0.4, 0.5) is 0 Å². The molecule has 6 nitrogen and oxygen atoms in total. The molecule has 0 aliphatic carbocycles. The van der Waals surface area contributed by atoms with Crippen LogP contribution in [0, 0.1) is 0 Å². The Balaban J connectivity index is 2.01. The van der Waals surface area contributed by atoms with Gasteiger partial charge < -0.3 is 14.6 Å². The van der Waals surface area contributed by atoms with Gasteiger partial charge in [-0.25, -0.2) is 4.79 Å². The van der Waals surface area contributed by atoms with Crippen LogP contribution in [0.15, 0.2) is 78.9 Å². The summed E-state index contributed by atoms with van der Waals surface area (Å²) >= 11 is 0. The molecule has 0 bridgehead atoms. The number of ether oxygens (including phenoxy) is 2. The molecule has 0 saturated heterocycles. The van der Waals surface area contributed by atoms with Gasteiger partial charge in [0.2, 0.25) is 0 Å². The average Bonchev–Trinajstić information content (AvgIpc) is 3.08. The molecule has 2 atom stereocenters. The van der Waals surface area contributed by atoms with Crippen LogP contribution in [0.5, 0.6) is 5.75 Å². The lowest BCUT2D eigenvalue weighted by Crippen LogP contribution is -2.51. The van der Waals surface area contributed by atoms with Gasteiger partial charge in [0.05, 0.1) is 7.11 Å². The zero-order valence-electron chi connectivity index (χ0n) is 18.0. The summed E-state index contributed by atoms with van der Waals surface area (Å²) in [5, 5.41) is 9.77. The number of phenols is 1. The predicted octanol–water partition coefficient (Wildman–Crippen LogP) is 4.39. The summed E-state index contributed by atoms with van der Waals surface area (Å²) in [7, 11) is 1.29. The molecule has 1 amide bonds. The van der Waals surface area contributed by atoms with Crippen molar-refractivity contribution in [2.45, 2.75) is 25.1 Å². The molecule has 3 aromatic rings. The molecule has 0 radical (unpaired) electrons. The van der Waals surface area contributed by atoms with E-state index in [-0.39, 0.29) is 11.7 Å². The van der Waals surface area contributed by atoms with Crippen LogP contribution >= 0.6 is 0 Å². The Morgan fingerprint density at radius 1 is 1.00 bits per heavy atom. The van der Waals surface area contributed by atoms with Crippen molar-refractivity contribution >= 4 is 11.9 Å². The summed E-state index contributed by atoms with van der Waals surface area (Å²) in [6.45, 7) is 2.36. The van der Waals surface area contributed by atoms with Crippen LogP contribution in [-0.2, 0) is 20.0 Å². The molecule has 6 heteroatoms. The van der Waals surface area contributed by atoms with Crippen molar-refractivity contribution in [2.24, 2.45) is 0 Å². The maximum atomic E-state index is 13.8. The third kappa shape index (κ3) is 3.42. The van der Waals surface area contributed by atoms with Crippen LogP contribution in [0.1, 0.15) is 46.4 Å². The van der Waals surface area contributed by atoms with E-state index < -0.39 is 17.7 Å². The van der Waals surface area contributed by atoms with Gasteiger partial charge in [0.15, 0.2) is 11.8 Å². The Morgan fingerprint density at radius 3 is 2.31 bits per heavy atom. The Morgan fingerprint density at radius 2 is 1.66 bits per heavy atom. The first-order chi connectivity index (χ1) is 15.5. The number of carbonyl (C=O) groups excluding carboxylic acids is 2. The van der Waals surface area contributed by atoms with Crippen molar-refractivity contribution in [3.8, 4) is 5.75 Å². The Bertz CT molecular complexity index is 1110. The van der Waals surface area contributed by atoms with E-state index in [1.807, 2.05) is 49.4 Å². The SMILES string of the molecule is CCCOC1(c2ccccc2)c2ccccc2C(=O)N1[C@H](C(=O)OC)c1ccc(O)cc1. The van der Waals surface area contributed by atoms with E-state index in [2.05, 4.69) is 0 Å². The minimum absolute atomic E-state index is 0.0601. The van der Waals surface area contributed by atoms with Crippen LogP contribution in [0.25, 0.3) is 0 Å². The molecule has 0 aromatic heterocycles. The minimum atomic E-state index is -1.32. The molecule has 0 saturated carbocycles. The summed E-state index contributed by atoms with van der Waals surface area (Å²) in [4.78, 5) is 28.5. The summed E-state index contributed by atoms with van der Waals surface area (Å²) in [5.41, 5.74) is 1.08. The fraction of sp³-hybridized carbons (Fsp3) is 0.231. The maximum Gasteiger partial charge on any atom is 0.333 e. The zero-order valence-corrected chi connectivity index (χ0v) is 18.0. The van der Waals surface area contributed by atoms with Gasteiger partial charge in [0.1, 0.15) is 5.75 Å². The van der Waals surface area contributed by atoms with E-state index in [0.29, 0.717) is 23.3 Å². The van der Waals surface area contributed by atoms with E-state index in [0.717, 1.165) is 12.0 Å². The number of aromatic hydroxyl groups is 1. The van der Waals surface area contributed by atoms with E-state index in [1.165, 1.54) is 24.1 Å². The van der Waals surface area contributed by atoms with Crippen molar-refractivity contribution in [2.75, 3.05) is 13.7 Å². The van der Waals surface area contributed by atoms with Crippen LogP contribution in [0.2, 0.25) is 0 Å². The molecule has 1 N–H and O–H groups in total. The van der Waals surface area contributed by atoms with Gasteiger partial charge in [-0.05, 0) is 30.2 Å². The highest BCUT2D eigenvalue weighted by molar-refractivity contribution is 6.02. The number of amides is 1. The second-order valence-electron chi connectivity index (χ2n) is 7.60. The smallest absolute Gasteiger partial charge is 0.333 e. The Labute approximate surface area is 187 Å². The summed E-state index contributed by atoms with van der Waals surface area (Å²) in [6, 6.07) is 21.8. The molecule has 0 fully saturated rings. The number of methoxy groups -OCH3 is 1. The van der Waals surface area contributed by atoms with E-state index in [4.69, 9.17) is 9.47 Å². The van der Waals surface area contributed by atoms with Gasteiger partial charge in [-0.3, -0.25) is 9.69 Å². The van der Waals surface area contributed by atoms with Crippen LogP contribution in [-0.4, -0.2) is 35.6 Å². The van der Waals surface area contributed by atoms with Gasteiger partial charge in [-0.2, -0.15) is 0 Å². The largest absolute Gasteiger partial charge is 0.508 e. The Hall–Kier alpha value is -3.64. The molecule has 3 aromatic carbocycles. The topological polar surface area (TPSA) is 76.1 Å². The summed E-state index contributed by atoms with van der Waals surface area (Å²) in [6.07, 6.45) is 0.723. The standard InChI is InChI=1S/C26H25NO5/c1-3-17-32-26(19-9-5-4-6-10-19)22-12-8-7-11-21(22)24(29)27(26)23(25(30)31-2)18-13-15-20(28)16-14-18/h4-16,23,28H,3,17H2,1-2H3/t23-,26?/m0/s1. The maximum absolute atomic E-state index is 13.8. The van der Waals surface area contributed by atoms with E-state index >= 15 is 0 Å². The first-order valence-corrected chi connectivity index (χ1v) is 10.5. The highest BCUT2D eigenvalue weighted by atomic mass is 16.5. The lowest BCUT2D eigenvalue weighted by molar-refractivity contribution is -0.162. The number of hydrogen-bond donors (Lipinski definition) is 1. The number of esters is 1. The van der Waals surface area contributed by atoms with Crippen molar-refractivity contribution in [1.29, 1.82) is 0 Å². The van der Waals surface area contributed by atoms with Gasteiger partial charge in [0.25, 0.3) is 5.91 Å². The molecule has 1 aliphatic heterocycles. The highest BCUT2D eigenvalue weighted by Gasteiger charge is 2.56. The number of nitrogens with zero attached hydrogens (tertiary/aromatic N) is 1. The fourth-order valence-electron chi connectivity index (χ4n) is 4.26. The molecule has 1 heterocycles. The predicted molar refractivity (Wildman–Crippen MR) is 119 cm³/mol. The second-order valence-corrected chi connectivity index (χ2v) is 7.60. The number of phenolic OH excluding ortho intramolecular Hbond substituents is 1. The van der Waals surface area contributed by atoms with Crippen molar-refractivity contribution < 1.29 is 24.2 Å². The molecule has 4 rings (SSSR count). The van der Waals surface area contributed by atoms with Gasteiger partial charge in [0, 0.05) is 23.3 Å². The van der Waals surface area contributed by atoms with Crippen molar-refractivity contribution in [3.63, 3.8) is 0 Å². The number of benzene rings is 3.